The molecule has 1 N–H and O–H groups in total. The van der Waals surface area contributed by atoms with Crippen LogP contribution in [0.2, 0.25) is 5.02 Å². The van der Waals surface area contributed by atoms with E-state index in [1.807, 2.05) is 11.0 Å². The van der Waals surface area contributed by atoms with Crippen molar-refractivity contribution in [2.24, 2.45) is 5.92 Å². The van der Waals surface area contributed by atoms with Gasteiger partial charge in [-0.2, -0.15) is 0 Å². The number of hydrogen-bond acceptors (Lipinski definition) is 8. The standard InChI is InChI=1S/C21H21ClF3N5O3S/c22-13-1-2-16-15(10-13)26-19(34-16)27-17(31)7-11-3-5-30(6-4-11)20-29-28-18(32-20)12-8-14(9-12)33-21(23,24)25/h1-2,10-12,14H,3-9H2,(H,26,27,31). The lowest BCUT2D eigenvalue weighted by Gasteiger charge is -2.33. The summed E-state index contributed by atoms with van der Waals surface area (Å²) in [6.45, 7) is 1.31. The van der Waals surface area contributed by atoms with Gasteiger partial charge in [0.15, 0.2) is 5.13 Å². The first kappa shape index (κ1) is 23.3. The van der Waals surface area contributed by atoms with Crippen LogP contribution in [0.1, 0.15) is 43.9 Å². The molecule has 1 aromatic carbocycles. The van der Waals surface area contributed by atoms with Gasteiger partial charge in [-0.1, -0.05) is 28.0 Å². The number of benzene rings is 1. The summed E-state index contributed by atoms with van der Waals surface area (Å²) in [7, 11) is 0. The summed E-state index contributed by atoms with van der Waals surface area (Å²) in [5.74, 6) is 0.266. The van der Waals surface area contributed by atoms with Crippen LogP contribution < -0.4 is 10.2 Å². The van der Waals surface area contributed by atoms with Gasteiger partial charge in [0.05, 0.1) is 16.3 Å². The minimum Gasteiger partial charge on any atom is -0.408 e. The normalized spacial score (nSPS) is 21.6. The number of rotatable bonds is 6. The van der Waals surface area contributed by atoms with Gasteiger partial charge in [-0.05, 0) is 49.8 Å². The molecule has 0 radical (unpaired) electrons. The number of alkyl halides is 3. The molecule has 2 aliphatic rings. The molecule has 0 bridgehead atoms. The van der Waals surface area contributed by atoms with E-state index < -0.39 is 12.5 Å². The van der Waals surface area contributed by atoms with Gasteiger partial charge in [-0.3, -0.25) is 9.53 Å². The van der Waals surface area contributed by atoms with E-state index in [9.17, 15) is 18.0 Å². The Morgan fingerprint density at radius 1 is 1.26 bits per heavy atom. The van der Waals surface area contributed by atoms with E-state index in [4.69, 9.17) is 16.0 Å². The minimum atomic E-state index is -4.63. The Hall–Kier alpha value is -2.44. The molecule has 3 aromatic rings. The predicted molar refractivity (Wildman–Crippen MR) is 120 cm³/mol. The van der Waals surface area contributed by atoms with Crippen LogP contribution in [-0.2, 0) is 9.53 Å². The second-order valence-electron chi connectivity index (χ2n) is 8.59. The summed E-state index contributed by atoms with van der Waals surface area (Å²) in [6.07, 6.45) is -3.11. The highest BCUT2D eigenvalue weighted by atomic mass is 35.5. The first-order chi connectivity index (χ1) is 16.2. The van der Waals surface area contributed by atoms with Crippen molar-refractivity contribution in [3.8, 4) is 0 Å². The van der Waals surface area contributed by atoms with Crippen LogP contribution in [0.15, 0.2) is 22.6 Å². The van der Waals surface area contributed by atoms with Gasteiger partial charge in [0.25, 0.3) is 0 Å². The Balaban J connectivity index is 1.08. The van der Waals surface area contributed by atoms with E-state index in [1.54, 1.807) is 12.1 Å². The molecule has 1 saturated heterocycles. The van der Waals surface area contributed by atoms with Crippen molar-refractivity contribution in [1.29, 1.82) is 0 Å². The van der Waals surface area contributed by atoms with Crippen LogP contribution in [0.5, 0.6) is 0 Å². The molecule has 1 aliphatic heterocycles. The first-order valence-corrected chi connectivity index (χ1v) is 12.1. The number of thiazole rings is 1. The maximum atomic E-state index is 12.5. The molecule has 8 nitrogen and oxygen atoms in total. The maximum absolute atomic E-state index is 12.5. The summed E-state index contributed by atoms with van der Waals surface area (Å²) in [5, 5.41) is 12.1. The monoisotopic (exact) mass is 515 g/mol. The van der Waals surface area contributed by atoms with Crippen LogP contribution in [0.3, 0.4) is 0 Å². The number of piperidine rings is 1. The molecule has 34 heavy (non-hydrogen) atoms. The third kappa shape index (κ3) is 5.44. The minimum absolute atomic E-state index is 0.0794. The van der Waals surface area contributed by atoms with E-state index in [-0.39, 0.29) is 30.6 Å². The number of aromatic nitrogens is 3. The Morgan fingerprint density at radius 2 is 2.03 bits per heavy atom. The Kier molecular flexibility index (Phi) is 6.38. The quantitative estimate of drug-likeness (QED) is 0.472. The smallest absolute Gasteiger partial charge is 0.408 e. The van der Waals surface area contributed by atoms with E-state index in [0.717, 1.165) is 23.1 Å². The van der Waals surface area contributed by atoms with Crippen LogP contribution in [0.4, 0.5) is 24.3 Å². The number of amides is 1. The molecular formula is C21H21ClF3N5O3S. The third-order valence-electron chi connectivity index (χ3n) is 6.13. The van der Waals surface area contributed by atoms with Crippen molar-refractivity contribution in [2.45, 2.75) is 50.5 Å². The predicted octanol–water partition coefficient (Wildman–Crippen LogP) is 5.36. The number of nitrogens with one attached hydrogen (secondary N) is 1. The van der Waals surface area contributed by atoms with Crippen LogP contribution in [0.25, 0.3) is 10.2 Å². The molecule has 182 valence electrons. The number of hydrogen-bond donors (Lipinski definition) is 1. The highest BCUT2D eigenvalue weighted by molar-refractivity contribution is 7.22. The molecule has 0 atom stereocenters. The average Bonchev–Trinajstić information content (AvgIpc) is 3.36. The molecule has 1 aliphatic carbocycles. The van der Waals surface area contributed by atoms with E-state index >= 15 is 0 Å². The summed E-state index contributed by atoms with van der Waals surface area (Å²) >= 11 is 7.39. The van der Waals surface area contributed by atoms with Crippen molar-refractivity contribution < 1.29 is 27.1 Å². The number of carbonyl (C=O) groups is 1. The van der Waals surface area contributed by atoms with Crippen molar-refractivity contribution in [3.63, 3.8) is 0 Å². The zero-order valence-corrected chi connectivity index (χ0v) is 19.4. The van der Waals surface area contributed by atoms with Gasteiger partial charge in [-0.15, -0.1) is 18.3 Å². The lowest BCUT2D eigenvalue weighted by molar-refractivity contribution is -0.352. The van der Waals surface area contributed by atoms with Gasteiger partial charge >= 0.3 is 12.4 Å². The first-order valence-electron chi connectivity index (χ1n) is 10.9. The lowest BCUT2D eigenvalue weighted by Crippen LogP contribution is -2.35. The van der Waals surface area contributed by atoms with Crippen molar-refractivity contribution in [2.75, 3.05) is 23.3 Å². The fourth-order valence-corrected chi connectivity index (χ4v) is 5.32. The fourth-order valence-electron chi connectivity index (χ4n) is 4.29. The number of halogens is 4. The van der Waals surface area contributed by atoms with Crippen molar-refractivity contribution in [3.05, 3.63) is 29.1 Å². The van der Waals surface area contributed by atoms with E-state index in [0.29, 0.717) is 41.6 Å². The number of anilines is 2. The highest BCUT2D eigenvalue weighted by Crippen LogP contribution is 2.41. The molecule has 1 amide bonds. The summed E-state index contributed by atoms with van der Waals surface area (Å²) in [5.41, 5.74) is 0.755. The van der Waals surface area contributed by atoms with Crippen LogP contribution in [0, 0.1) is 5.92 Å². The third-order valence-corrected chi connectivity index (χ3v) is 7.32. The van der Waals surface area contributed by atoms with Gasteiger partial charge < -0.3 is 14.6 Å². The molecule has 0 unspecified atom stereocenters. The SMILES string of the molecule is O=C(CC1CCN(c2nnc(C3CC(OC(F)(F)F)C3)o2)CC1)Nc1nc2cc(Cl)ccc2s1. The zero-order valence-electron chi connectivity index (χ0n) is 17.8. The molecule has 13 heteroatoms. The second kappa shape index (κ2) is 9.31. The van der Waals surface area contributed by atoms with Crippen LogP contribution >= 0.6 is 22.9 Å². The molecule has 2 fully saturated rings. The van der Waals surface area contributed by atoms with E-state index in [2.05, 4.69) is 25.2 Å². The largest absolute Gasteiger partial charge is 0.522 e. The average molecular weight is 516 g/mol. The maximum Gasteiger partial charge on any atom is 0.522 e. The topological polar surface area (TPSA) is 93.4 Å². The van der Waals surface area contributed by atoms with Crippen molar-refractivity contribution in [1.82, 2.24) is 15.2 Å². The Morgan fingerprint density at radius 3 is 2.76 bits per heavy atom. The number of ether oxygens (including phenoxy) is 1. The fraction of sp³-hybridized carbons (Fsp3) is 0.524. The molecular weight excluding hydrogens is 495 g/mol. The molecule has 3 heterocycles. The molecule has 1 saturated carbocycles. The van der Waals surface area contributed by atoms with Crippen LogP contribution in [-0.4, -0.2) is 46.6 Å². The molecule has 5 rings (SSSR count). The molecule has 2 aromatic heterocycles. The number of nitrogens with zero attached hydrogens (tertiary/aromatic N) is 4. The van der Waals surface area contributed by atoms with E-state index in [1.165, 1.54) is 11.3 Å². The van der Waals surface area contributed by atoms with Gasteiger partial charge in [-0.25, -0.2) is 4.98 Å². The lowest BCUT2D eigenvalue weighted by atomic mass is 9.82. The zero-order chi connectivity index (χ0) is 23.9. The Labute approximate surface area is 201 Å². The summed E-state index contributed by atoms with van der Waals surface area (Å²) in [6, 6.07) is 5.80. The second-order valence-corrected chi connectivity index (χ2v) is 10.1. The number of carbonyl (C=O) groups excluding carboxylic acids is 1. The molecule has 0 spiro atoms. The van der Waals surface area contributed by atoms with Crippen molar-refractivity contribution >= 4 is 50.2 Å². The van der Waals surface area contributed by atoms with Gasteiger partial charge in [0.1, 0.15) is 0 Å². The van der Waals surface area contributed by atoms with Gasteiger partial charge in [0.2, 0.25) is 11.8 Å². The Bertz CT molecular complexity index is 1170. The number of fused-ring (bicyclic) bond motifs is 1. The summed E-state index contributed by atoms with van der Waals surface area (Å²) < 4.78 is 47.5. The highest BCUT2D eigenvalue weighted by Gasteiger charge is 2.42. The van der Waals surface area contributed by atoms with Gasteiger partial charge in [0, 0.05) is 30.5 Å². The summed E-state index contributed by atoms with van der Waals surface area (Å²) in [4.78, 5) is 18.9.